The van der Waals surface area contributed by atoms with Crippen LogP contribution in [0.15, 0.2) is 66.7 Å². The topological polar surface area (TPSA) is 0 Å². The quantitative estimate of drug-likeness (QED) is 0.343. The molecule has 95 valence electrons. The van der Waals surface area contributed by atoms with Crippen LogP contribution in [0.2, 0.25) is 0 Å². The Bertz CT molecular complexity index is 569. The van der Waals surface area contributed by atoms with Crippen molar-refractivity contribution in [1.29, 1.82) is 0 Å². The number of fused-ring (bicyclic) bond motifs is 1. The van der Waals surface area contributed by atoms with Crippen molar-refractivity contribution in [2.75, 3.05) is 0 Å². The van der Waals surface area contributed by atoms with Gasteiger partial charge in [0.1, 0.15) is 0 Å². The molecule has 0 unspecified atom stereocenters. The molecule has 1 radical (unpaired) electrons. The van der Waals surface area contributed by atoms with E-state index in [-0.39, 0.29) is 55.7 Å². The summed E-state index contributed by atoms with van der Waals surface area (Å²) in [6.45, 7) is 0. The first-order valence-corrected chi connectivity index (χ1v) is 5.60. The zero-order valence-electron chi connectivity index (χ0n) is 10.3. The van der Waals surface area contributed by atoms with Gasteiger partial charge in [-0.2, -0.15) is 6.07 Å². The van der Waals surface area contributed by atoms with Gasteiger partial charge < -0.3 is 34.0 Å². The molecule has 19 heavy (non-hydrogen) atoms. The molecule has 0 aliphatic heterocycles. The van der Waals surface area contributed by atoms with E-state index in [1.165, 1.54) is 21.9 Å². The van der Waals surface area contributed by atoms with Crippen LogP contribution in [0.1, 0.15) is 11.1 Å². The van der Waals surface area contributed by atoms with E-state index in [9.17, 15) is 0 Å². The van der Waals surface area contributed by atoms with Gasteiger partial charge >= 0.3 is 21.7 Å². The van der Waals surface area contributed by atoms with Crippen molar-refractivity contribution in [3.8, 4) is 0 Å². The minimum absolute atomic E-state index is 0. The molecule has 0 saturated carbocycles. The van der Waals surface area contributed by atoms with Gasteiger partial charge in [0, 0.05) is 0 Å². The maximum Gasteiger partial charge on any atom is 3.00 e. The first-order valence-electron chi connectivity index (χ1n) is 5.60. The number of hydrogen-bond donors (Lipinski definition) is 0. The van der Waals surface area contributed by atoms with Crippen molar-refractivity contribution in [1.82, 2.24) is 0 Å². The molecule has 0 spiro atoms. The van der Waals surface area contributed by atoms with E-state index in [2.05, 4.69) is 66.7 Å². The van der Waals surface area contributed by atoms with Gasteiger partial charge in [-0.05, 0) is 12.0 Å². The van der Waals surface area contributed by atoms with Crippen LogP contribution in [0.5, 0.6) is 0 Å². The molecule has 0 fully saturated rings. The number of rotatable bonds is 2. The van der Waals surface area contributed by atoms with Crippen LogP contribution in [0.3, 0.4) is 0 Å². The van der Waals surface area contributed by atoms with E-state index in [1.54, 1.807) is 0 Å². The molecule has 0 aliphatic carbocycles. The second-order valence-corrected chi connectivity index (χ2v) is 4.15. The molecular formula is C16H13Br2Ti. The fourth-order valence-corrected chi connectivity index (χ4v) is 2.15. The van der Waals surface area contributed by atoms with Gasteiger partial charge in [0.25, 0.3) is 0 Å². The summed E-state index contributed by atoms with van der Waals surface area (Å²) in [5, 5.41) is 2.68. The smallest absolute Gasteiger partial charge is 1.00 e. The van der Waals surface area contributed by atoms with Gasteiger partial charge in [0.2, 0.25) is 0 Å². The maximum atomic E-state index is 2.28. The van der Waals surface area contributed by atoms with Crippen LogP contribution in [0.4, 0.5) is 0 Å². The summed E-state index contributed by atoms with van der Waals surface area (Å²) in [5.41, 5.74) is 2.77. The third-order valence-electron chi connectivity index (χ3n) is 2.93. The van der Waals surface area contributed by atoms with Gasteiger partial charge in [-0.3, -0.25) is 0 Å². The molecule has 0 aromatic heterocycles. The zero-order chi connectivity index (χ0) is 10.8. The first-order chi connectivity index (χ1) is 7.92. The SMILES string of the molecule is [Br-].[Br-].[Ti+3].c1ccc(Cc2cc3ccccc3[cH-]2)cc1. The predicted molar refractivity (Wildman–Crippen MR) is 68.8 cm³/mol. The summed E-state index contributed by atoms with van der Waals surface area (Å²) < 4.78 is 0. The Hall–Kier alpha value is -0.276. The summed E-state index contributed by atoms with van der Waals surface area (Å²) in [4.78, 5) is 0. The molecule has 3 rings (SSSR count). The largest absolute Gasteiger partial charge is 3.00 e. The second kappa shape index (κ2) is 8.81. The van der Waals surface area contributed by atoms with Crippen LogP contribution in [0, 0.1) is 0 Å². The first kappa shape index (κ1) is 18.7. The third-order valence-corrected chi connectivity index (χ3v) is 2.93. The number of hydrogen-bond acceptors (Lipinski definition) is 0. The Balaban J connectivity index is 0.00000108. The van der Waals surface area contributed by atoms with Gasteiger partial charge in [-0.25, -0.2) is 0 Å². The fourth-order valence-electron chi connectivity index (χ4n) is 2.15. The summed E-state index contributed by atoms with van der Waals surface area (Å²) in [5.74, 6) is 0. The van der Waals surface area contributed by atoms with E-state index >= 15 is 0 Å². The van der Waals surface area contributed by atoms with E-state index in [4.69, 9.17) is 0 Å². The van der Waals surface area contributed by atoms with Crippen molar-refractivity contribution in [2.24, 2.45) is 0 Å². The van der Waals surface area contributed by atoms with Crippen LogP contribution >= 0.6 is 0 Å². The standard InChI is InChI=1S/C16H13.2BrH.Ti/c1-2-6-13(7-3-1)10-14-11-15-8-4-5-9-16(15)12-14;;;/h1-9,11-12H,10H2;2*1H;/q-1;;;+3/p-2. The molecule has 0 atom stereocenters. The van der Waals surface area contributed by atoms with E-state index in [0.29, 0.717) is 0 Å². The van der Waals surface area contributed by atoms with Gasteiger partial charge in [0.05, 0.1) is 0 Å². The van der Waals surface area contributed by atoms with E-state index < -0.39 is 0 Å². The fraction of sp³-hybridized carbons (Fsp3) is 0.0625. The minimum atomic E-state index is 0. The van der Waals surface area contributed by atoms with Crippen LogP contribution in [-0.2, 0) is 28.1 Å². The zero-order valence-corrected chi connectivity index (χ0v) is 15.0. The molecule has 3 aromatic carbocycles. The minimum Gasteiger partial charge on any atom is -1.00 e. The molecule has 0 aliphatic rings. The van der Waals surface area contributed by atoms with E-state index in [0.717, 1.165) is 6.42 Å². The van der Waals surface area contributed by atoms with Crippen LogP contribution in [-0.4, -0.2) is 0 Å². The Morgan fingerprint density at radius 3 is 2.11 bits per heavy atom. The third kappa shape index (κ3) is 4.64. The van der Waals surface area contributed by atoms with Crippen molar-refractivity contribution in [3.05, 3.63) is 77.9 Å². The normalized spacial score (nSPS) is 9.05. The Morgan fingerprint density at radius 1 is 0.789 bits per heavy atom. The Labute approximate surface area is 150 Å². The Morgan fingerprint density at radius 2 is 1.42 bits per heavy atom. The molecule has 0 saturated heterocycles. The molecule has 3 heteroatoms. The van der Waals surface area contributed by atoms with Crippen LogP contribution < -0.4 is 34.0 Å². The molecule has 0 amide bonds. The average molecular weight is 413 g/mol. The molecule has 3 aromatic rings. The van der Waals surface area contributed by atoms with Gasteiger partial charge in [-0.1, -0.05) is 36.4 Å². The summed E-state index contributed by atoms with van der Waals surface area (Å²) in [7, 11) is 0. The molecule has 0 bridgehead atoms. The Kier molecular flexibility index (Phi) is 8.68. The summed E-state index contributed by atoms with van der Waals surface area (Å²) in [6.07, 6.45) is 1.02. The van der Waals surface area contributed by atoms with Crippen molar-refractivity contribution < 1.29 is 55.7 Å². The van der Waals surface area contributed by atoms with Crippen molar-refractivity contribution >= 4 is 10.8 Å². The van der Waals surface area contributed by atoms with Crippen molar-refractivity contribution in [2.45, 2.75) is 6.42 Å². The number of halogens is 2. The predicted octanol–water partition coefficient (Wildman–Crippen LogP) is -1.84. The van der Waals surface area contributed by atoms with Gasteiger partial charge in [-0.15, -0.1) is 40.6 Å². The summed E-state index contributed by atoms with van der Waals surface area (Å²) in [6, 6.07) is 23.7. The van der Waals surface area contributed by atoms with Gasteiger partial charge in [0.15, 0.2) is 0 Å². The number of benzene rings is 2. The second-order valence-electron chi connectivity index (χ2n) is 4.15. The average Bonchev–Trinajstić information content (AvgIpc) is 2.72. The summed E-state index contributed by atoms with van der Waals surface area (Å²) >= 11 is 0. The van der Waals surface area contributed by atoms with Crippen molar-refractivity contribution in [3.63, 3.8) is 0 Å². The molecule has 0 nitrogen and oxygen atoms in total. The molecular weight excluding hydrogens is 400 g/mol. The van der Waals surface area contributed by atoms with E-state index in [1.807, 2.05) is 0 Å². The molecule has 0 heterocycles. The molecule has 0 N–H and O–H groups in total. The maximum absolute atomic E-state index is 2.28. The van der Waals surface area contributed by atoms with Crippen LogP contribution in [0.25, 0.3) is 10.8 Å². The monoisotopic (exact) mass is 411 g/mol.